The smallest absolute Gasteiger partial charge is 0.153 e. The van der Waals surface area contributed by atoms with E-state index in [-0.39, 0.29) is 0 Å². The molecule has 0 aliphatic carbocycles. The zero-order valence-corrected chi connectivity index (χ0v) is 7.50. The quantitative estimate of drug-likeness (QED) is 0.544. The van der Waals surface area contributed by atoms with Gasteiger partial charge in [-0.2, -0.15) is 0 Å². The molecule has 0 fully saturated rings. The second-order valence-corrected chi connectivity index (χ2v) is 4.05. The molecule has 0 aliphatic rings. The fourth-order valence-electron chi connectivity index (χ4n) is 1.12. The van der Waals surface area contributed by atoms with Crippen LogP contribution in [-0.2, 0) is 0 Å². The Morgan fingerprint density at radius 1 is 0.917 bits per heavy atom. The highest BCUT2D eigenvalue weighted by Crippen LogP contribution is 2.25. The molecule has 2 heterocycles. The molecule has 0 amide bonds. The van der Waals surface area contributed by atoms with Crippen molar-refractivity contribution in [2.24, 2.45) is 0 Å². The maximum absolute atomic E-state index is 4.11. The van der Waals surface area contributed by atoms with Gasteiger partial charge in [-0.3, -0.25) is 0 Å². The molecule has 0 N–H and O–H groups in total. The Labute approximate surface area is 76.5 Å². The number of hydrogen-bond donors (Lipinski definition) is 0. The van der Waals surface area contributed by atoms with Crippen LogP contribution in [0.5, 0.6) is 0 Å². The van der Waals surface area contributed by atoms with E-state index in [1.54, 1.807) is 0 Å². The van der Waals surface area contributed by atoms with Crippen molar-refractivity contribution in [3.63, 3.8) is 0 Å². The van der Waals surface area contributed by atoms with Crippen molar-refractivity contribution in [2.45, 2.75) is 0 Å². The first kappa shape index (κ1) is 6.51. The highest BCUT2D eigenvalue weighted by atomic mass is 32.1. The van der Waals surface area contributed by atoms with Gasteiger partial charge in [-0.15, -0.1) is 22.7 Å². The molecular formula is C8H2N2S2. The molecule has 0 saturated heterocycles. The van der Waals surface area contributed by atoms with Crippen molar-refractivity contribution in [1.82, 2.24) is 9.97 Å². The first-order valence-corrected chi connectivity index (χ1v) is 5.00. The van der Waals surface area contributed by atoms with E-state index >= 15 is 0 Å². The topological polar surface area (TPSA) is 25.8 Å². The van der Waals surface area contributed by atoms with E-state index in [0.29, 0.717) is 0 Å². The van der Waals surface area contributed by atoms with Gasteiger partial charge in [0, 0.05) is 0 Å². The summed E-state index contributed by atoms with van der Waals surface area (Å²) in [5.41, 5.74) is 7.73. The van der Waals surface area contributed by atoms with Crippen LogP contribution in [0.3, 0.4) is 0 Å². The number of nitrogens with zero attached hydrogens (tertiary/aromatic N) is 2. The summed E-state index contributed by atoms with van der Waals surface area (Å²) >= 11 is 3.04. The summed E-state index contributed by atoms with van der Waals surface area (Å²) in [7, 11) is 0. The number of hydrogen-bond acceptors (Lipinski definition) is 4. The Morgan fingerprint density at radius 2 is 1.42 bits per heavy atom. The van der Waals surface area contributed by atoms with Crippen molar-refractivity contribution in [1.29, 1.82) is 0 Å². The van der Waals surface area contributed by atoms with Crippen LogP contribution in [0.4, 0.5) is 0 Å². The van der Waals surface area contributed by atoms with Crippen LogP contribution in [0.1, 0.15) is 0 Å². The molecule has 3 aromatic rings. The SMILES string of the molecule is [c]1nc2cc3s[c]nc3cc2s1. The van der Waals surface area contributed by atoms with Crippen LogP contribution in [-0.4, -0.2) is 9.97 Å². The maximum Gasteiger partial charge on any atom is 0.153 e. The van der Waals surface area contributed by atoms with Gasteiger partial charge in [0.2, 0.25) is 0 Å². The lowest BCUT2D eigenvalue weighted by molar-refractivity contribution is 1.48. The fraction of sp³-hybridized carbons (Fsp3) is 0. The second kappa shape index (κ2) is 2.24. The summed E-state index contributed by atoms with van der Waals surface area (Å²) in [6, 6.07) is 4.07. The number of fused-ring (bicyclic) bond motifs is 2. The molecule has 0 bridgehead atoms. The van der Waals surface area contributed by atoms with E-state index in [0.717, 1.165) is 20.4 Å². The molecule has 3 rings (SSSR count). The van der Waals surface area contributed by atoms with Gasteiger partial charge in [0.05, 0.1) is 20.4 Å². The lowest BCUT2D eigenvalue weighted by Crippen LogP contribution is -1.68. The minimum absolute atomic E-state index is 1.00. The molecule has 0 saturated carbocycles. The second-order valence-electron chi connectivity index (χ2n) is 2.40. The molecule has 2 nitrogen and oxygen atoms in total. The maximum atomic E-state index is 4.11. The van der Waals surface area contributed by atoms with Gasteiger partial charge in [-0.25, -0.2) is 9.97 Å². The third kappa shape index (κ3) is 0.790. The molecule has 0 unspecified atom stereocenters. The lowest BCUT2D eigenvalue weighted by Gasteiger charge is -1.86. The van der Waals surface area contributed by atoms with E-state index in [9.17, 15) is 0 Å². The first-order chi connectivity index (χ1) is 5.93. The summed E-state index contributed by atoms with van der Waals surface area (Å²) in [4.78, 5) is 8.21. The Hall–Kier alpha value is -1.00. The van der Waals surface area contributed by atoms with Gasteiger partial charge in [0.15, 0.2) is 11.0 Å². The van der Waals surface area contributed by atoms with Crippen molar-refractivity contribution < 1.29 is 0 Å². The third-order valence-corrected chi connectivity index (χ3v) is 3.14. The monoisotopic (exact) mass is 190 g/mol. The third-order valence-electron chi connectivity index (χ3n) is 1.68. The first-order valence-electron chi connectivity index (χ1n) is 3.37. The molecule has 0 aliphatic heterocycles. The molecule has 0 spiro atoms. The van der Waals surface area contributed by atoms with E-state index in [2.05, 4.69) is 21.0 Å². The highest BCUT2D eigenvalue weighted by molar-refractivity contribution is 7.17. The van der Waals surface area contributed by atoms with Crippen LogP contribution < -0.4 is 0 Å². The molecule has 1 aromatic carbocycles. The van der Waals surface area contributed by atoms with Gasteiger partial charge in [-0.05, 0) is 12.1 Å². The predicted molar refractivity (Wildman–Crippen MR) is 50.5 cm³/mol. The Bertz CT molecular complexity index is 447. The zero-order valence-electron chi connectivity index (χ0n) is 5.87. The van der Waals surface area contributed by atoms with Gasteiger partial charge in [-0.1, -0.05) is 0 Å². The van der Waals surface area contributed by atoms with Crippen molar-refractivity contribution >= 4 is 43.1 Å². The van der Waals surface area contributed by atoms with Crippen LogP contribution in [0.2, 0.25) is 0 Å². The number of thiazole rings is 2. The van der Waals surface area contributed by atoms with Gasteiger partial charge in [0.1, 0.15) is 0 Å². The van der Waals surface area contributed by atoms with Crippen molar-refractivity contribution in [3.05, 3.63) is 23.2 Å². The minimum Gasteiger partial charge on any atom is -0.233 e. The Kier molecular flexibility index (Phi) is 1.22. The van der Waals surface area contributed by atoms with Crippen LogP contribution >= 0.6 is 22.7 Å². The van der Waals surface area contributed by atoms with Crippen LogP contribution in [0, 0.1) is 11.0 Å². The normalized spacial score (nSPS) is 11.3. The fourth-order valence-corrected chi connectivity index (χ4v) is 2.36. The van der Waals surface area contributed by atoms with Crippen LogP contribution in [0.25, 0.3) is 20.4 Å². The number of rotatable bonds is 0. The number of aromatic nitrogens is 2. The van der Waals surface area contributed by atoms with Crippen molar-refractivity contribution in [3.8, 4) is 0 Å². The average molecular weight is 190 g/mol. The standard InChI is InChI=1S/C8H2N2S2/c1-5-8(12-3-9-5)2-6-7(1)11-4-10-6/h1-2H. The van der Waals surface area contributed by atoms with Gasteiger partial charge < -0.3 is 0 Å². The minimum atomic E-state index is 1.00. The van der Waals surface area contributed by atoms with E-state index in [1.807, 2.05) is 12.1 Å². The van der Waals surface area contributed by atoms with Gasteiger partial charge in [0.25, 0.3) is 0 Å². The van der Waals surface area contributed by atoms with Gasteiger partial charge >= 0.3 is 0 Å². The molecule has 0 atom stereocenters. The molecule has 2 radical (unpaired) electrons. The summed E-state index contributed by atoms with van der Waals surface area (Å²) in [6.45, 7) is 0. The summed E-state index contributed by atoms with van der Waals surface area (Å²) < 4.78 is 2.28. The number of benzene rings is 1. The van der Waals surface area contributed by atoms with Crippen LogP contribution in [0.15, 0.2) is 12.1 Å². The summed E-state index contributed by atoms with van der Waals surface area (Å²) in [5, 5.41) is 0. The van der Waals surface area contributed by atoms with E-state index in [1.165, 1.54) is 22.7 Å². The zero-order chi connectivity index (χ0) is 7.97. The lowest BCUT2D eigenvalue weighted by atomic mass is 10.3. The molecular weight excluding hydrogens is 188 g/mol. The average Bonchev–Trinajstić information content (AvgIpc) is 2.64. The Balaban J connectivity index is 2.62. The Morgan fingerprint density at radius 3 is 1.92 bits per heavy atom. The molecule has 2 aromatic heterocycles. The largest absolute Gasteiger partial charge is 0.233 e. The highest BCUT2D eigenvalue weighted by Gasteiger charge is 2.01. The molecule has 12 heavy (non-hydrogen) atoms. The van der Waals surface area contributed by atoms with E-state index in [4.69, 9.17) is 0 Å². The van der Waals surface area contributed by atoms with E-state index < -0.39 is 0 Å². The summed E-state index contributed by atoms with van der Waals surface area (Å²) in [6.07, 6.45) is 0. The summed E-state index contributed by atoms with van der Waals surface area (Å²) in [5.74, 6) is 0. The molecule has 56 valence electrons. The predicted octanol–water partition coefficient (Wildman–Crippen LogP) is 2.51. The molecule has 4 heteroatoms. The van der Waals surface area contributed by atoms with Crippen molar-refractivity contribution in [2.75, 3.05) is 0 Å².